The van der Waals surface area contributed by atoms with Gasteiger partial charge in [-0.2, -0.15) is 0 Å². The number of rotatable bonds is 5. The second-order valence-corrected chi connectivity index (χ2v) is 7.04. The van der Waals surface area contributed by atoms with Crippen LogP contribution in [0.2, 0.25) is 0 Å². The van der Waals surface area contributed by atoms with Crippen molar-refractivity contribution in [3.63, 3.8) is 0 Å². The highest BCUT2D eigenvalue weighted by Gasteiger charge is 2.21. The summed E-state index contributed by atoms with van der Waals surface area (Å²) < 4.78 is 11.6. The third kappa shape index (κ3) is 3.80. The third-order valence-electron chi connectivity index (χ3n) is 5.08. The van der Waals surface area contributed by atoms with Crippen molar-refractivity contribution in [1.82, 2.24) is 14.9 Å². The number of hydrogen-bond acceptors (Lipinski definition) is 5. The number of nitrogens with zero attached hydrogens (tertiary/aromatic N) is 2. The summed E-state index contributed by atoms with van der Waals surface area (Å²) in [6.45, 7) is 2.00. The van der Waals surface area contributed by atoms with Crippen molar-refractivity contribution in [2.75, 3.05) is 32.6 Å². The number of nitrogens with one attached hydrogen (secondary N) is 2. The molecule has 7 nitrogen and oxygen atoms in total. The molecule has 0 spiro atoms. The number of aromatic nitrogens is 2. The van der Waals surface area contributed by atoms with Crippen LogP contribution >= 0.6 is 0 Å². The van der Waals surface area contributed by atoms with Gasteiger partial charge >= 0.3 is 0 Å². The summed E-state index contributed by atoms with van der Waals surface area (Å²) >= 11 is 0. The molecule has 1 amide bonds. The number of piperidine rings is 1. The van der Waals surface area contributed by atoms with E-state index in [2.05, 4.69) is 27.2 Å². The number of hydrogen-bond donors (Lipinski definition) is 2. The Morgan fingerprint density at radius 2 is 2.04 bits per heavy atom. The maximum atomic E-state index is 12.8. The Morgan fingerprint density at radius 1 is 1.21 bits per heavy atom. The van der Waals surface area contributed by atoms with E-state index in [1.54, 1.807) is 31.6 Å². The number of H-pyrrole nitrogens is 1. The minimum absolute atomic E-state index is 0.126. The van der Waals surface area contributed by atoms with Crippen LogP contribution < -0.4 is 14.8 Å². The molecule has 2 aromatic carbocycles. The van der Waals surface area contributed by atoms with Crippen LogP contribution in [0.25, 0.3) is 11.0 Å². The van der Waals surface area contributed by atoms with Gasteiger partial charge in [0, 0.05) is 18.7 Å². The highest BCUT2D eigenvalue weighted by molar-refractivity contribution is 6.08. The molecule has 4 rings (SSSR count). The number of fused-ring (bicyclic) bond motifs is 1. The summed E-state index contributed by atoms with van der Waals surface area (Å²) in [7, 11) is 3.72. The quantitative estimate of drug-likeness (QED) is 0.710. The van der Waals surface area contributed by atoms with Gasteiger partial charge in [0.2, 0.25) is 0 Å². The molecule has 1 aromatic heterocycles. The molecule has 146 valence electrons. The van der Waals surface area contributed by atoms with Crippen molar-refractivity contribution in [3.8, 4) is 11.5 Å². The Morgan fingerprint density at radius 3 is 2.82 bits per heavy atom. The fraction of sp³-hybridized carbons (Fsp3) is 0.333. The van der Waals surface area contributed by atoms with Crippen LogP contribution in [-0.2, 0) is 0 Å². The summed E-state index contributed by atoms with van der Waals surface area (Å²) in [5, 5.41) is 2.94. The zero-order valence-corrected chi connectivity index (χ0v) is 16.1. The van der Waals surface area contributed by atoms with E-state index < -0.39 is 0 Å². The molecule has 2 heterocycles. The highest BCUT2D eigenvalue weighted by atomic mass is 16.5. The van der Waals surface area contributed by atoms with Crippen molar-refractivity contribution in [3.05, 3.63) is 48.3 Å². The normalized spacial score (nSPS) is 15.5. The Labute approximate surface area is 163 Å². The molecule has 1 fully saturated rings. The smallest absolute Gasteiger partial charge is 0.255 e. The number of aromatic amines is 1. The number of methoxy groups -OCH3 is 1. The maximum Gasteiger partial charge on any atom is 0.255 e. The van der Waals surface area contributed by atoms with Gasteiger partial charge in [0.1, 0.15) is 11.6 Å². The Hall–Kier alpha value is -3.06. The number of amides is 1. The largest absolute Gasteiger partial charge is 0.493 e. The van der Waals surface area contributed by atoms with Crippen LogP contribution in [-0.4, -0.2) is 54.1 Å². The van der Waals surface area contributed by atoms with E-state index >= 15 is 0 Å². The first-order valence-corrected chi connectivity index (χ1v) is 9.41. The first-order valence-electron chi connectivity index (χ1n) is 9.41. The summed E-state index contributed by atoms with van der Waals surface area (Å²) in [6, 6.07) is 10.9. The van der Waals surface area contributed by atoms with E-state index in [0.717, 1.165) is 37.0 Å². The van der Waals surface area contributed by atoms with E-state index in [0.29, 0.717) is 22.7 Å². The molecule has 0 aliphatic carbocycles. The van der Waals surface area contributed by atoms with Crippen LogP contribution in [0, 0.1) is 0 Å². The topological polar surface area (TPSA) is 79.5 Å². The molecular formula is C21H24N4O3. The molecule has 3 aromatic rings. The Balaban J connectivity index is 1.54. The van der Waals surface area contributed by atoms with Gasteiger partial charge in [-0.3, -0.25) is 4.79 Å². The summed E-state index contributed by atoms with van der Waals surface area (Å²) in [4.78, 5) is 22.4. The number of carbonyl (C=O) groups excluding carboxylic acids is 1. The Bertz CT molecular complexity index is 977. The van der Waals surface area contributed by atoms with Crippen LogP contribution in [0.3, 0.4) is 0 Å². The number of carbonyl (C=O) groups is 1. The lowest BCUT2D eigenvalue weighted by Gasteiger charge is -2.29. The second kappa shape index (κ2) is 7.90. The molecule has 0 unspecified atom stereocenters. The molecule has 0 radical (unpaired) electrons. The summed E-state index contributed by atoms with van der Waals surface area (Å²) in [5.41, 5.74) is 2.78. The maximum absolute atomic E-state index is 12.8. The lowest BCUT2D eigenvalue weighted by molar-refractivity contribution is 0.102. The number of ether oxygens (including phenoxy) is 2. The van der Waals surface area contributed by atoms with E-state index in [4.69, 9.17) is 9.47 Å². The number of likely N-dealkylation sites (tertiary alicyclic amines) is 1. The van der Waals surface area contributed by atoms with E-state index in [1.807, 2.05) is 18.2 Å². The zero-order chi connectivity index (χ0) is 19.5. The van der Waals surface area contributed by atoms with Crippen molar-refractivity contribution in [2.45, 2.75) is 18.9 Å². The van der Waals surface area contributed by atoms with Gasteiger partial charge < -0.3 is 24.7 Å². The monoisotopic (exact) mass is 380 g/mol. The third-order valence-corrected chi connectivity index (χ3v) is 5.08. The number of anilines is 1. The van der Waals surface area contributed by atoms with Gasteiger partial charge in [0.25, 0.3) is 5.91 Å². The number of imidazole rings is 1. The fourth-order valence-electron chi connectivity index (χ4n) is 3.45. The zero-order valence-electron chi connectivity index (χ0n) is 16.1. The van der Waals surface area contributed by atoms with Crippen molar-refractivity contribution in [2.24, 2.45) is 0 Å². The van der Waals surface area contributed by atoms with Gasteiger partial charge in [-0.05, 0) is 50.2 Å². The molecule has 0 saturated carbocycles. The Kier molecular flexibility index (Phi) is 5.16. The first-order chi connectivity index (χ1) is 13.6. The molecular weight excluding hydrogens is 356 g/mol. The second-order valence-electron chi connectivity index (χ2n) is 7.04. The summed E-state index contributed by atoms with van der Waals surface area (Å²) in [6.07, 6.45) is 3.65. The lowest BCUT2D eigenvalue weighted by atomic mass is 10.1. The molecule has 0 atom stereocenters. The predicted molar refractivity (Wildman–Crippen MR) is 108 cm³/mol. The molecule has 0 bridgehead atoms. The average molecular weight is 380 g/mol. The minimum Gasteiger partial charge on any atom is -0.493 e. The van der Waals surface area contributed by atoms with Crippen molar-refractivity contribution >= 4 is 22.6 Å². The van der Waals surface area contributed by atoms with Crippen LogP contribution in [0.1, 0.15) is 23.2 Å². The highest BCUT2D eigenvalue weighted by Crippen LogP contribution is 2.31. The van der Waals surface area contributed by atoms with E-state index in [9.17, 15) is 4.79 Å². The van der Waals surface area contributed by atoms with Gasteiger partial charge in [-0.15, -0.1) is 0 Å². The molecule has 28 heavy (non-hydrogen) atoms. The van der Waals surface area contributed by atoms with Gasteiger partial charge in [0.05, 0.1) is 24.6 Å². The number of para-hydroxylation sites is 1. The standard InChI is InChI=1S/C21H24N4O3/c1-25-10-8-15(9-11-25)28-19-12-14(6-7-18(19)27-2)21(26)24-17-5-3-4-16-20(17)23-13-22-16/h3-7,12-13,15H,8-11H2,1-2H3,(H,22,23)(H,24,26). The minimum atomic E-state index is -0.216. The van der Waals surface area contributed by atoms with Crippen molar-refractivity contribution in [1.29, 1.82) is 0 Å². The van der Waals surface area contributed by atoms with Gasteiger partial charge in [0.15, 0.2) is 11.5 Å². The fourth-order valence-corrected chi connectivity index (χ4v) is 3.45. The van der Waals surface area contributed by atoms with E-state index in [1.165, 1.54) is 0 Å². The van der Waals surface area contributed by atoms with E-state index in [-0.39, 0.29) is 12.0 Å². The number of benzene rings is 2. The summed E-state index contributed by atoms with van der Waals surface area (Å²) in [5.74, 6) is 1.01. The molecule has 1 saturated heterocycles. The molecule has 1 aliphatic heterocycles. The van der Waals surface area contributed by atoms with Crippen LogP contribution in [0.4, 0.5) is 5.69 Å². The molecule has 2 N–H and O–H groups in total. The molecule has 1 aliphatic rings. The SMILES string of the molecule is COc1ccc(C(=O)Nc2cccc3[nH]cnc23)cc1OC1CCN(C)CC1. The molecule has 7 heteroatoms. The predicted octanol–water partition coefficient (Wildman–Crippen LogP) is 3.30. The van der Waals surface area contributed by atoms with Crippen LogP contribution in [0.15, 0.2) is 42.7 Å². The van der Waals surface area contributed by atoms with Crippen LogP contribution in [0.5, 0.6) is 11.5 Å². The van der Waals surface area contributed by atoms with Gasteiger partial charge in [-0.25, -0.2) is 4.98 Å². The first kappa shape index (κ1) is 18.3. The van der Waals surface area contributed by atoms with Gasteiger partial charge in [-0.1, -0.05) is 6.07 Å². The average Bonchev–Trinajstić information content (AvgIpc) is 3.19. The lowest BCUT2D eigenvalue weighted by Crippen LogP contribution is -2.35. The van der Waals surface area contributed by atoms with Crippen molar-refractivity contribution < 1.29 is 14.3 Å².